The number of ether oxygens (including phenoxy) is 2. The first-order valence-corrected chi connectivity index (χ1v) is 11.9. The molecule has 0 aliphatic rings. The van der Waals surface area contributed by atoms with E-state index in [0.29, 0.717) is 27.1 Å². The third-order valence-corrected chi connectivity index (χ3v) is 6.14. The molecule has 38 heavy (non-hydrogen) atoms. The number of halogens is 1. The van der Waals surface area contributed by atoms with Gasteiger partial charge in [-0.15, -0.1) is 0 Å². The van der Waals surface area contributed by atoms with Gasteiger partial charge in [0, 0.05) is 27.6 Å². The van der Waals surface area contributed by atoms with Crippen LogP contribution < -0.4 is 10.2 Å². The van der Waals surface area contributed by atoms with Gasteiger partial charge in [-0.1, -0.05) is 11.6 Å². The van der Waals surface area contributed by atoms with E-state index in [0.717, 1.165) is 0 Å². The number of phenolic OH excluding ortho intramolecular Hbond substituents is 1. The van der Waals surface area contributed by atoms with Crippen LogP contribution >= 0.6 is 11.6 Å². The van der Waals surface area contributed by atoms with Crippen LogP contribution in [0.15, 0.2) is 51.7 Å². The molecule has 2 aromatic carbocycles. The molecule has 0 saturated carbocycles. The summed E-state index contributed by atoms with van der Waals surface area (Å²) < 4.78 is 16.3. The van der Waals surface area contributed by atoms with Crippen LogP contribution in [0.5, 0.6) is 17.2 Å². The number of rotatable bonds is 6. The summed E-state index contributed by atoms with van der Waals surface area (Å²) in [5, 5.41) is 21.8. The van der Waals surface area contributed by atoms with Gasteiger partial charge in [-0.25, -0.2) is 9.78 Å². The third kappa shape index (κ3) is 4.24. The number of aromatic amines is 2. The number of carbonyl (C=O) groups is 1. The number of aromatic nitrogens is 3. The topological polar surface area (TPSA) is 151 Å². The number of nitrogens with one attached hydrogen (secondary N) is 2. The van der Waals surface area contributed by atoms with Crippen LogP contribution in [0.4, 0.5) is 0 Å². The first kappa shape index (κ1) is 25.0. The molecule has 0 bridgehead atoms. The van der Waals surface area contributed by atoms with Crippen LogP contribution in [0, 0.1) is 6.92 Å². The van der Waals surface area contributed by atoms with Crippen molar-refractivity contribution in [3.63, 3.8) is 0 Å². The van der Waals surface area contributed by atoms with Gasteiger partial charge in [-0.2, -0.15) is 0 Å². The van der Waals surface area contributed by atoms with E-state index in [2.05, 4.69) is 9.97 Å². The molecule has 194 valence electrons. The Bertz CT molecular complexity index is 1770. The molecular formula is C27H22ClN3O7. The number of hydrogen-bond acceptors (Lipinski definition) is 8. The minimum atomic E-state index is -0.639. The van der Waals surface area contributed by atoms with Gasteiger partial charge in [0.15, 0.2) is 17.3 Å². The molecule has 0 atom stereocenters. The summed E-state index contributed by atoms with van der Waals surface area (Å²) in [7, 11) is 1.41. The lowest BCUT2D eigenvalue weighted by Crippen LogP contribution is -2.06. The van der Waals surface area contributed by atoms with E-state index in [9.17, 15) is 19.8 Å². The van der Waals surface area contributed by atoms with Crippen molar-refractivity contribution in [2.24, 2.45) is 0 Å². The molecule has 3 aromatic heterocycles. The predicted octanol–water partition coefficient (Wildman–Crippen LogP) is 5.40. The van der Waals surface area contributed by atoms with Gasteiger partial charge in [0.1, 0.15) is 28.7 Å². The van der Waals surface area contributed by atoms with Crippen molar-refractivity contribution in [3.05, 3.63) is 69.2 Å². The zero-order valence-corrected chi connectivity index (χ0v) is 21.3. The molecule has 0 amide bonds. The Morgan fingerprint density at radius 1 is 1.13 bits per heavy atom. The lowest BCUT2D eigenvalue weighted by Gasteiger charge is -2.08. The minimum Gasteiger partial charge on any atom is -0.504 e. The molecule has 10 nitrogen and oxygen atoms in total. The van der Waals surface area contributed by atoms with Gasteiger partial charge in [-0.3, -0.25) is 4.79 Å². The molecule has 0 spiro atoms. The Morgan fingerprint density at radius 2 is 1.92 bits per heavy atom. The van der Waals surface area contributed by atoms with Gasteiger partial charge < -0.3 is 34.1 Å². The SMILES string of the molecule is CCOC(=O)c1[nH]c2ccc(Cl)cc2c1-c1nc(-c2ccc(O)c(OC)c2)c(-c2oc(C)cc(=O)c2O)[nH]1. The van der Waals surface area contributed by atoms with Crippen molar-refractivity contribution in [2.45, 2.75) is 13.8 Å². The Hall–Kier alpha value is -4.70. The van der Waals surface area contributed by atoms with Gasteiger partial charge in [-0.05, 0) is 50.2 Å². The third-order valence-electron chi connectivity index (χ3n) is 5.91. The zero-order chi connectivity index (χ0) is 27.1. The fraction of sp³-hybridized carbons (Fsp3) is 0.148. The number of imidazole rings is 1. The van der Waals surface area contributed by atoms with Crippen LogP contribution in [0.2, 0.25) is 5.02 Å². The summed E-state index contributed by atoms with van der Waals surface area (Å²) in [4.78, 5) is 36.3. The van der Waals surface area contributed by atoms with E-state index in [1.165, 1.54) is 19.2 Å². The second-order valence-electron chi connectivity index (χ2n) is 8.38. The monoisotopic (exact) mass is 535 g/mol. The Balaban J connectivity index is 1.85. The number of esters is 1. The summed E-state index contributed by atoms with van der Waals surface area (Å²) in [5.41, 5.74) is 1.37. The molecule has 3 heterocycles. The number of phenols is 1. The summed E-state index contributed by atoms with van der Waals surface area (Å²) in [6.45, 7) is 3.42. The van der Waals surface area contributed by atoms with E-state index in [1.54, 1.807) is 44.2 Å². The number of nitrogens with zero attached hydrogens (tertiary/aromatic N) is 1. The van der Waals surface area contributed by atoms with Crippen molar-refractivity contribution in [3.8, 4) is 51.3 Å². The van der Waals surface area contributed by atoms with Crippen LogP contribution in [0.3, 0.4) is 0 Å². The summed E-state index contributed by atoms with van der Waals surface area (Å²) >= 11 is 6.28. The molecule has 4 N–H and O–H groups in total. The summed E-state index contributed by atoms with van der Waals surface area (Å²) in [6, 6.07) is 10.8. The molecule has 0 radical (unpaired) electrons. The predicted molar refractivity (Wildman–Crippen MR) is 141 cm³/mol. The van der Waals surface area contributed by atoms with E-state index >= 15 is 0 Å². The molecule has 11 heteroatoms. The average molecular weight is 536 g/mol. The molecule has 5 aromatic rings. The number of hydrogen-bond donors (Lipinski definition) is 4. The highest BCUT2D eigenvalue weighted by Gasteiger charge is 2.27. The van der Waals surface area contributed by atoms with E-state index in [4.69, 9.17) is 30.5 Å². The lowest BCUT2D eigenvalue weighted by atomic mass is 10.1. The summed E-state index contributed by atoms with van der Waals surface area (Å²) in [5.74, 6) is -0.808. The van der Waals surface area contributed by atoms with Gasteiger partial charge in [0.2, 0.25) is 11.2 Å². The molecular weight excluding hydrogens is 514 g/mol. The quantitative estimate of drug-likeness (QED) is 0.211. The fourth-order valence-electron chi connectivity index (χ4n) is 4.23. The van der Waals surface area contributed by atoms with E-state index in [1.807, 2.05) is 0 Å². The van der Waals surface area contributed by atoms with E-state index in [-0.39, 0.29) is 52.5 Å². The van der Waals surface area contributed by atoms with E-state index < -0.39 is 17.1 Å². The van der Waals surface area contributed by atoms with Gasteiger partial charge >= 0.3 is 5.97 Å². The van der Waals surface area contributed by atoms with Crippen LogP contribution in [-0.2, 0) is 4.74 Å². The second-order valence-corrected chi connectivity index (χ2v) is 8.82. The van der Waals surface area contributed by atoms with Crippen LogP contribution in [0.25, 0.3) is 45.0 Å². The highest BCUT2D eigenvalue weighted by atomic mass is 35.5. The van der Waals surface area contributed by atoms with Crippen molar-refractivity contribution in [1.29, 1.82) is 0 Å². The molecule has 0 saturated heterocycles. The average Bonchev–Trinajstić information content (AvgIpc) is 3.48. The maximum atomic E-state index is 12.9. The van der Waals surface area contributed by atoms with Crippen molar-refractivity contribution in [2.75, 3.05) is 13.7 Å². The van der Waals surface area contributed by atoms with Crippen molar-refractivity contribution < 1.29 is 28.9 Å². The highest BCUT2D eigenvalue weighted by Crippen LogP contribution is 2.41. The number of carbonyl (C=O) groups excluding carboxylic acids is 1. The highest BCUT2D eigenvalue weighted by molar-refractivity contribution is 6.31. The molecule has 0 unspecified atom stereocenters. The largest absolute Gasteiger partial charge is 0.504 e. The lowest BCUT2D eigenvalue weighted by molar-refractivity contribution is 0.0521. The number of benzene rings is 2. The standard InChI is InChI=1S/C27H22ClN3O7/c1-4-37-27(35)22-20(15-11-14(28)6-7-16(15)29-22)26-30-21(13-5-8-17(32)19(10-13)36-3)23(31-26)25-24(34)18(33)9-12(2)38-25/h5-11,29,32,34H,4H2,1-3H3,(H,30,31). The van der Waals surface area contributed by atoms with Gasteiger partial charge in [0.05, 0.1) is 19.3 Å². The first-order valence-electron chi connectivity index (χ1n) is 11.5. The maximum absolute atomic E-state index is 12.9. The number of aryl methyl sites for hydroxylation is 1. The van der Waals surface area contributed by atoms with Crippen LogP contribution in [0.1, 0.15) is 23.2 Å². The second kappa shape index (κ2) is 9.64. The minimum absolute atomic E-state index is 0.0886. The maximum Gasteiger partial charge on any atom is 0.355 e. The summed E-state index contributed by atoms with van der Waals surface area (Å²) in [6.07, 6.45) is 0. The van der Waals surface area contributed by atoms with Crippen LogP contribution in [-0.4, -0.2) is 44.9 Å². The normalized spacial score (nSPS) is 11.2. The molecule has 5 rings (SSSR count). The fourth-order valence-corrected chi connectivity index (χ4v) is 4.40. The number of aromatic hydroxyl groups is 2. The van der Waals surface area contributed by atoms with Crippen molar-refractivity contribution >= 4 is 28.5 Å². The smallest absolute Gasteiger partial charge is 0.355 e. The zero-order valence-electron chi connectivity index (χ0n) is 20.5. The Morgan fingerprint density at radius 3 is 2.66 bits per heavy atom. The molecule has 0 aliphatic heterocycles. The number of methoxy groups -OCH3 is 1. The number of H-pyrrole nitrogens is 2. The van der Waals surface area contributed by atoms with Crippen molar-refractivity contribution in [1.82, 2.24) is 15.0 Å². The first-order chi connectivity index (χ1) is 18.2. The van der Waals surface area contributed by atoms with Gasteiger partial charge in [0.25, 0.3) is 0 Å². The Labute approximate surface area is 220 Å². The number of fused-ring (bicyclic) bond motifs is 1. The molecule has 0 aliphatic carbocycles. The Kier molecular flexibility index (Phi) is 6.33. The molecule has 0 fully saturated rings.